The molecular formula is C30H50O3S. The van der Waals surface area contributed by atoms with E-state index in [1.54, 1.807) is 0 Å². The largest absolute Gasteiger partial charge is 0.301 e. The van der Waals surface area contributed by atoms with Gasteiger partial charge in [-0.25, -0.2) is 4.18 Å². The maximum atomic E-state index is 13.2. The van der Waals surface area contributed by atoms with Crippen LogP contribution in [0, 0.1) is 62.6 Å². The molecule has 0 bridgehead atoms. The van der Waals surface area contributed by atoms with Gasteiger partial charge in [0.25, 0.3) is 0 Å². The van der Waals surface area contributed by atoms with Crippen molar-refractivity contribution < 1.29 is 12.6 Å². The Morgan fingerprint density at radius 2 is 1.41 bits per heavy atom. The van der Waals surface area contributed by atoms with Crippen molar-refractivity contribution >= 4 is 10.1 Å². The summed E-state index contributed by atoms with van der Waals surface area (Å²) < 4.78 is 32.2. The summed E-state index contributed by atoms with van der Waals surface area (Å²) in [5.74, 6) is 4.10. The molecule has 5 unspecified atom stereocenters. The van der Waals surface area contributed by atoms with Gasteiger partial charge in [-0.05, 0) is 121 Å². The zero-order valence-corrected chi connectivity index (χ0v) is 24.0. The monoisotopic (exact) mass is 490 g/mol. The Bertz CT molecular complexity index is 1000. The Morgan fingerprint density at radius 1 is 0.735 bits per heavy atom. The van der Waals surface area contributed by atoms with Crippen LogP contribution in [-0.2, 0) is 14.3 Å². The minimum Gasteiger partial charge on any atom is -0.242 e. The summed E-state index contributed by atoms with van der Waals surface area (Å²) in [5, 5.41) is 0. The van der Waals surface area contributed by atoms with E-state index in [2.05, 4.69) is 55.4 Å². The van der Waals surface area contributed by atoms with Gasteiger partial charge >= 0.3 is 10.1 Å². The molecule has 4 heteroatoms. The van der Waals surface area contributed by atoms with Gasteiger partial charge in [0.05, 0.1) is 0 Å². The second-order valence-corrected chi connectivity index (χ2v) is 17.6. The lowest BCUT2D eigenvalue weighted by atomic mass is 9.32. The van der Waals surface area contributed by atoms with E-state index in [-0.39, 0.29) is 16.2 Å². The minimum atomic E-state index is -3.43. The first kappa shape index (κ1) is 24.3. The SMILES string of the molecule is CC(C)[C@H]1CC[C@]2(C)CC[C@]3(C)C(CCC4[C@]5(C)C(CC[C@]43C)C(C)(C)CCC53OS3(=O)=O)C12. The van der Waals surface area contributed by atoms with Crippen LogP contribution in [0.2, 0.25) is 0 Å². The highest BCUT2D eigenvalue weighted by atomic mass is 32.2. The van der Waals surface area contributed by atoms with Gasteiger partial charge in [-0.2, -0.15) is 8.42 Å². The van der Waals surface area contributed by atoms with Crippen molar-refractivity contribution in [3.05, 3.63) is 0 Å². The molecule has 3 nitrogen and oxygen atoms in total. The summed E-state index contributed by atoms with van der Waals surface area (Å²) in [6.07, 6.45) is 12.1. The van der Waals surface area contributed by atoms with E-state index in [1.165, 1.54) is 44.9 Å². The van der Waals surface area contributed by atoms with Crippen molar-refractivity contribution in [2.75, 3.05) is 0 Å². The Kier molecular flexibility index (Phi) is 4.75. The van der Waals surface area contributed by atoms with Crippen LogP contribution in [0.5, 0.6) is 0 Å². The second-order valence-electron chi connectivity index (χ2n) is 15.9. The molecule has 6 rings (SSSR count). The van der Waals surface area contributed by atoms with Gasteiger partial charge in [0, 0.05) is 5.41 Å². The number of hydrogen-bond donors (Lipinski definition) is 0. The first-order chi connectivity index (χ1) is 15.6. The standard InChI is InChI=1S/C30H50O3S/c1-19(2)20-11-13-26(5)16-17-27(6)21(24(20)26)9-10-23-28(27,7)14-12-22-25(3,4)15-18-30(29(22,23)8)33-34(30,31)32/h19-24H,9-18H2,1-8H3/t20-,21?,22?,23?,24?,26-,27-,28-,29+,30?/m1/s1. The molecular weight excluding hydrogens is 440 g/mol. The lowest BCUT2D eigenvalue weighted by Crippen LogP contribution is -2.69. The fourth-order valence-corrected chi connectivity index (χ4v) is 14.3. The molecule has 0 radical (unpaired) electrons. The first-order valence-corrected chi connectivity index (χ1v) is 16.0. The molecule has 0 aromatic rings. The first-order valence-electron chi connectivity index (χ1n) is 14.5. The van der Waals surface area contributed by atoms with Gasteiger partial charge in [-0.3, -0.25) is 0 Å². The number of fused-ring (bicyclic) bond motifs is 8. The van der Waals surface area contributed by atoms with E-state index < -0.39 is 15.1 Å². The summed E-state index contributed by atoms with van der Waals surface area (Å²) in [7, 11) is -3.43. The third-order valence-corrected chi connectivity index (χ3v) is 16.3. The van der Waals surface area contributed by atoms with E-state index in [9.17, 15) is 8.42 Å². The van der Waals surface area contributed by atoms with Gasteiger partial charge in [-0.15, -0.1) is 0 Å². The molecule has 1 saturated heterocycles. The summed E-state index contributed by atoms with van der Waals surface area (Å²) >= 11 is 0. The van der Waals surface area contributed by atoms with Crippen molar-refractivity contribution in [3.8, 4) is 0 Å². The van der Waals surface area contributed by atoms with Crippen molar-refractivity contribution in [1.82, 2.24) is 0 Å². The van der Waals surface area contributed by atoms with Gasteiger partial charge in [-0.1, -0.05) is 55.4 Å². The van der Waals surface area contributed by atoms with E-state index >= 15 is 0 Å². The Morgan fingerprint density at radius 3 is 2.03 bits per heavy atom. The molecule has 34 heavy (non-hydrogen) atoms. The number of rotatable bonds is 1. The molecule has 194 valence electrons. The Labute approximate surface area is 209 Å². The highest BCUT2D eigenvalue weighted by Crippen LogP contribution is 2.81. The molecule has 0 amide bonds. The molecule has 0 N–H and O–H groups in total. The Hall–Kier alpha value is -0.0900. The number of hydrogen-bond acceptors (Lipinski definition) is 3. The molecule has 5 saturated carbocycles. The van der Waals surface area contributed by atoms with Gasteiger partial charge in [0.15, 0.2) is 0 Å². The van der Waals surface area contributed by atoms with E-state index in [0.29, 0.717) is 29.1 Å². The quantitative estimate of drug-likeness (QED) is 0.352. The lowest BCUT2D eigenvalue weighted by molar-refractivity contribution is -0.252. The summed E-state index contributed by atoms with van der Waals surface area (Å²) in [5.41, 5.74) is 0.907. The van der Waals surface area contributed by atoms with E-state index in [4.69, 9.17) is 4.18 Å². The highest BCUT2D eigenvalue weighted by molar-refractivity contribution is 7.93. The van der Waals surface area contributed by atoms with Gasteiger partial charge in [0.2, 0.25) is 4.93 Å². The topological polar surface area (TPSA) is 46.7 Å². The molecule has 5 aliphatic carbocycles. The van der Waals surface area contributed by atoms with Crippen molar-refractivity contribution in [3.63, 3.8) is 0 Å². The van der Waals surface area contributed by atoms with Crippen molar-refractivity contribution in [2.24, 2.45) is 62.6 Å². The zero-order valence-electron chi connectivity index (χ0n) is 23.2. The molecule has 6 aliphatic rings. The summed E-state index contributed by atoms with van der Waals surface area (Å²) in [6.45, 7) is 20.0. The maximum Gasteiger partial charge on any atom is 0.301 e. The van der Waals surface area contributed by atoms with Crippen LogP contribution in [-0.4, -0.2) is 13.4 Å². The smallest absolute Gasteiger partial charge is 0.242 e. The van der Waals surface area contributed by atoms with Crippen LogP contribution in [0.4, 0.5) is 0 Å². The third kappa shape index (κ3) is 2.52. The van der Waals surface area contributed by atoms with Crippen LogP contribution < -0.4 is 0 Å². The molecule has 1 heterocycles. The zero-order chi connectivity index (χ0) is 24.7. The van der Waals surface area contributed by atoms with Crippen LogP contribution in [0.25, 0.3) is 0 Å². The second kappa shape index (κ2) is 6.66. The van der Waals surface area contributed by atoms with Gasteiger partial charge in [0.1, 0.15) is 0 Å². The average Bonchev–Trinajstić information content (AvgIpc) is 3.12. The van der Waals surface area contributed by atoms with Gasteiger partial charge < -0.3 is 0 Å². The van der Waals surface area contributed by atoms with E-state index in [0.717, 1.165) is 36.5 Å². The molecule has 6 fully saturated rings. The highest BCUT2D eigenvalue weighted by Gasteiger charge is 2.83. The van der Waals surface area contributed by atoms with E-state index in [1.807, 2.05) is 0 Å². The van der Waals surface area contributed by atoms with Crippen molar-refractivity contribution in [1.29, 1.82) is 0 Å². The minimum absolute atomic E-state index is 0.180. The third-order valence-electron chi connectivity index (χ3n) is 14.4. The summed E-state index contributed by atoms with van der Waals surface area (Å²) in [4.78, 5) is -0.910. The molecule has 1 spiro atoms. The molecule has 1 aliphatic heterocycles. The Balaban J connectivity index is 1.46. The van der Waals surface area contributed by atoms with Crippen molar-refractivity contribution in [2.45, 2.75) is 125 Å². The van der Waals surface area contributed by atoms with Crippen LogP contribution in [0.3, 0.4) is 0 Å². The normalized spacial score (nSPS) is 59.1. The summed E-state index contributed by atoms with van der Waals surface area (Å²) in [6, 6.07) is 0. The predicted molar refractivity (Wildman–Crippen MR) is 137 cm³/mol. The fourth-order valence-electron chi connectivity index (χ4n) is 12.3. The molecule has 0 aromatic carbocycles. The predicted octanol–water partition coefficient (Wildman–Crippen LogP) is 7.80. The lowest BCUT2D eigenvalue weighted by Gasteiger charge is -2.73. The van der Waals surface area contributed by atoms with Crippen LogP contribution in [0.15, 0.2) is 0 Å². The maximum absolute atomic E-state index is 13.2. The molecule has 0 aromatic heterocycles. The molecule has 10 atom stereocenters. The fraction of sp³-hybridized carbons (Fsp3) is 1.00. The van der Waals surface area contributed by atoms with Crippen LogP contribution >= 0.6 is 0 Å². The average molecular weight is 491 g/mol. The van der Waals surface area contributed by atoms with Crippen LogP contribution in [0.1, 0.15) is 120 Å².